The van der Waals surface area contributed by atoms with Crippen LogP contribution in [0.1, 0.15) is 56.2 Å². The van der Waals surface area contributed by atoms with Crippen LogP contribution in [-0.2, 0) is 17.4 Å². The van der Waals surface area contributed by atoms with E-state index in [2.05, 4.69) is 125 Å². The highest BCUT2D eigenvalue weighted by Crippen LogP contribution is 2.36. The molecule has 0 unspecified atom stereocenters. The summed E-state index contributed by atoms with van der Waals surface area (Å²) in [5.41, 5.74) is 5.13. The van der Waals surface area contributed by atoms with Crippen LogP contribution in [0.2, 0.25) is 0 Å². The third kappa shape index (κ3) is 6.59. The lowest BCUT2D eigenvalue weighted by atomic mass is 9.74. The van der Waals surface area contributed by atoms with Gasteiger partial charge in [0, 0.05) is 11.0 Å². The molecule has 3 heteroatoms. The fraction of sp³-hybridized carbons (Fsp3) is 0.419. The molecule has 5 rings (SSSR count). The molecular formula is C31H39BrN2. The Morgan fingerprint density at radius 2 is 1.18 bits per heavy atom. The number of benzene rings is 3. The Bertz CT molecular complexity index is 987. The normalized spacial score (nSPS) is 19.6. The molecule has 1 N–H and O–H groups in total. The molecule has 0 aromatic heterocycles. The number of nitrogens with one attached hydrogen (secondary N) is 1. The zero-order chi connectivity index (χ0) is 23.9. The molecule has 180 valence electrons. The van der Waals surface area contributed by atoms with Crippen LogP contribution in [-0.4, -0.2) is 31.1 Å². The first-order chi connectivity index (χ1) is 16.5. The minimum Gasteiger partial charge on any atom is -0.317 e. The van der Waals surface area contributed by atoms with Crippen LogP contribution in [0.4, 0.5) is 0 Å². The molecular weight excluding hydrogens is 480 g/mol. The van der Waals surface area contributed by atoms with Crippen LogP contribution in [0.25, 0.3) is 0 Å². The van der Waals surface area contributed by atoms with Gasteiger partial charge in [-0.15, -0.1) is 0 Å². The molecule has 0 bridgehead atoms. The highest BCUT2D eigenvalue weighted by atomic mass is 79.9. The van der Waals surface area contributed by atoms with Crippen molar-refractivity contribution in [2.75, 3.05) is 26.2 Å². The maximum Gasteiger partial charge on any atom is 0.0233 e. The van der Waals surface area contributed by atoms with E-state index in [4.69, 9.17) is 0 Å². The number of hydrogen-bond donors (Lipinski definition) is 1. The van der Waals surface area contributed by atoms with Crippen molar-refractivity contribution in [1.29, 1.82) is 0 Å². The topological polar surface area (TPSA) is 15.3 Å². The van der Waals surface area contributed by atoms with Crippen LogP contribution in [0.3, 0.4) is 0 Å². The Hall–Kier alpha value is -1.94. The Morgan fingerprint density at radius 1 is 0.676 bits per heavy atom. The summed E-state index contributed by atoms with van der Waals surface area (Å²) in [6, 6.07) is 30.6. The van der Waals surface area contributed by atoms with Crippen LogP contribution in [0.15, 0.2) is 89.4 Å². The van der Waals surface area contributed by atoms with Crippen LogP contribution in [0.5, 0.6) is 0 Å². The fourth-order valence-electron chi connectivity index (χ4n) is 5.29. The number of piperidine rings is 2. The van der Waals surface area contributed by atoms with Gasteiger partial charge in [-0.2, -0.15) is 0 Å². The smallest absolute Gasteiger partial charge is 0.0233 e. The number of likely N-dealkylation sites (tertiary alicyclic amines) is 1. The van der Waals surface area contributed by atoms with Gasteiger partial charge in [0.25, 0.3) is 0 Å². The molecule has 2 nitrogen and oxygen atoms in total. The average molecular weight is 520 g/mol. The summed E-state index contributed by atoms with van der Waals surface area (Å²) >= 11 is 3.53. The Kier molecular flexibility index (Phi) is 8.63. The molecule has 0 radical (unpaired) electrons. The van der Waals surface area contributed by atoms with Gasteiger partial charge in [0.1, 0.15) is 0 Å². The third-order valence-corrected chi connectivity index (χ3v) is 8.46. The quantitative estimate of drug-likeness (QED) is 0.388. The van der Waals surface area contributed by atoms with Gasteiger partial charge >= 0.3 is 0 Å². The maximum absolute atomic E-state index is 3.53. The van der Waals surface area contributed by atoms with Crippen molar-refractivity contribution in [1.82, 2.24) is 10.2 Å². The van der Waals surface area contributed by atoms with E-state index in [9.17, 15) is 0 Å². The monoisotopic (exact) mass is 518 g/mol. The lowest BCUT2D eigenvalue weighted by Crippen LogP contribution is -2.40. The second-order valence-electron chi connectivity index (χ2n) is 10.5. The van der Waals surface area contributed by atoms with Crippen molar-refractivity contribution < 1.29 is 0 Å². The van der Waals surface area contributed by atoms with Crippen molar-refractivity contribution in [2.45, 2.75) is 56.9 Å². The number of rotatable bonds is 4. The molecule has 0 saturated carbocycles. The fourth-order valence-corrected chi connectivity index (χ4v) is 5.56. The predicted octanol–water partition coefficient (Wildman–Crippen LogP) is 7.33. The van der Waals surface area contributed by atoms with Gasteiger partial charge < -0.3 is 5.32 Å². The maximum atomic E-state index is 3.53. The van der Waals surface area contributed by atoms with E-state index in [-0.39, 0.29) is 0 Å². The minimum atomic E-state index is 0.327. The van der Waals surface area contributed by atoms with E-state index < -0.39 is 0 Å². The third-order valence-electron chi connectivity index (χ3n) is 7.93. The van der Waals surface area contributed by atoms with E-state index in [1.54, 1.807) is 0 Å². The van der Waals surface area contributed by atoms with Crippen LogP contribution >= 0.6 is 15.9 Å². The summed E-state index contributed by atoms with van der Waals surface area (Å²) in [5, 5.41) is 3.41. The van der Waals surface area contributed by atoms with Gasteiger partial charge in [-0.1, -0.05) is 103 Å². The molecule has 3 aromatic rings. The highest BCUT2D eigenvalue weighted by molar-refractivity contribution is 9.10. The second kappa shape index (κ2) is 11.7. The largest absolute Gasteiger partial charge is 0.317 e. The van der Waals surface area contributed by atoms with Gasteiger partial charge in [0.2, 0.25) is 0 Å². The van der Waals surface area contributed by atoms with Gasteiger partial charge in [-0.3, -0.25) is 4.90 Å². The summed E-state index contributed by atoms with van der Waals surface area (Å²) in [7, 11) is 0. The predicted molar refractivity (Wildman–Crippen MR) is 148 cm³/mol. The lowest BCUT2D eigenvalue weighted by Gasteiger charge is -2.40. The van der Waals surface area contributed by atoms with Crippen LogP contribution in [0, 0.1) is 0 Å². The molecule has 2 aliphatic heterocycles. The molecule has 0 aliphatic carbocycles. The molecule has 2 heterocycles. The molecule has 0 amide bonds. The molecule has 0 atom stereocenters. The Morgan fingerprint density at radius 3 is 1.76 bits per heavy atom. The molecule has 3 aromatic carbocycles. The van der Waals surface area contributed by atoms with Crippen LogP contribution < -0.4 is 5.32 Å². The van der Waals surface area contributed by atoms with E-state index in [1.807, 2.05) is 0 Å². The zero-order valence-corrected chi connectivity index (χ0v) is 22.4. The summed E-state index contributed by atoms with van der Waals surface area (Å²) < 4.78 is 1.16. The SMILES string of the molecule is CC1(c2ccc(Br)cc2)CCN(Cc2ccccc2)CC1.CC1(c2ccccc2)CCNCC1. The van der Waals surface area contributed by atoms with Gasteiger partial charge in [-0.25, -0.2) is 0 Å². The lowest BCUT2D eigenvalue weighted by molar-refractivity contribution is 0.162. The standard InChI is InChI=1S/C19H22BrN.C12H17N/c1-19(17-7-9-18(20)10-8-17)11-13-21(14-12-19)15-16-5-3-2-4-6-16;1-12(7-9-13-10-8-12)11-5-3-2-4-6-11/h2-10H,11-15H2,1H3;2-6,13H,7-10H2,1H3. The van der Waals surface area contributed by atoms with Crippen molar-refractivity contribution >= 4 is 15.9 Å². The highest BCUT2D eigenvalue weighted by Gasteiger charge is 2.31. The van der Waals surface area contributed by atoms with E-state index in [0.717, 1.165) is 24.1 Å². The molecule has 2 saturated heterocycles. The zero-order valence-electron chi connectivity index (χ0n) is 20.8. The number of hydrogen-bond acceptors (Lipinski definition) is 2. The first-order valence-electron chi connectivity index (χ1n) is 12.8. The van der Waals surface area contributed by atoms with E-state index >= 15 is 0 Å². The van der Waals surface area contributed by atoms with Gasteiger partial charge in [-0.05, 0) is 91.5 Å². The Labute approximate surface area is 214 Å². The summed E-state index contributed by atoms with van der Waals surface area (Å²) in [5.74, 6) is 0. The molecule has 34 heavy (non-hydrogen) atoms. The van der Waals surface area contributed by atoms with Gasteiger partial charge in [0.05, 0.1) is 0 Å². The molecule has 0 spiro atoms. The van der Waals surface area contributed by atoms with E-state index in [1.165, 1.54) is 55.5 Å². The first-order valence-corrected chi connectivity index (χ1v) is 13.5. The summed E-state index contributed by atoms with van der Waals surface area (Å²) in [6.45, 7) is 10.6. The second-order valence-corrected chi connectivity index (χ2v) is 11.4. The molecule has 2 fully saturated rings. The minimum absolute atomic E-state index is 0.327. The number of halogens is 1. The van der Waals surface area contributed by atoms with Crippen molar-refractivity contribution in [3.8, 4) is 0 Å². The van der Waals surface area contributed by atoms with Crippen molar-refractivity contribution in [3.63, 3.8) is 0 Å². The van der Waals surface area contributed by atoms with Crippen molar-refractivity contribution in [3.05, 3.63) is 106 Å². The van der Waals surface area contributed by atoms with Gasteiger partial charge in [0.15, 0.2) is 0 Å². The molecule has 2 aliphatic rings. The first kappa shape index (κ1) is 25.2. The van der Waals surface area contributed by atoms with E-state index in [0.29, 0.717) is 10.8 Å². The summed E-state index contributed by atoms with van der Waals surface area (Å²) in [4.78, 5) is 2.58. The average Bonchev–Trinajstić information content (AvgIpc) is 2.88. The summed E-state index contributed by atoms with van der Waals surface area (Å²) in [6.07, 6.45) is 5.00. The van der Waals surface area contributed by atoms with Crippen molar-refractivity contribution in [2.24, 2.45) is 0 Å². The number of nitrogens with zero attached hydrogens (tertiary/aromatic N) is 1. The Balaban J connectivity index is 0.000000180.